The standard InChI is InChI=1S/C69H126NO8P/c1-6-8-10-12-14-16-18-20-22-24-26-28-30-32-34-36-37-39-41-43-45-47-49-51-53-55-57-59-61-68(71)75-65-67(66-77-79(73,74)76-64-63-70(3,4)5)78-69(72)62-60-58-56-54-52-50-48-46-44-42-40-38-35-33-31-29-27-25-23-21-19-17-15-13-11-9-7-2/h9,11,15,17,21,23,27,29,33,35,40,42,67H,6-8,10,12-14,16,18-20,22,24-26,28,30-32,34,36-39,41,43-66H2,1-5H3/b11-9-,17-15-,23-21-,29-27-,35-33-,42-40-. The number of ether oxygens (including phenoxy) is 2. The van der Waals surface area contributed by atoms with E-state index >= 15 is 0 Å². The van der Waals surface area contributed by atoms with Gasteiger partial charge in [0.25, 0.3) is 7.82 Å². The van der Waals surface area contributed by atoms with Crippen LogP contribution in [0, 0.1) is 0 Å². The lowest BCUT2D eigenvalue weighted by Crippen LogP contribution is -2.37. The highest BCUT2D eigenvalue weighted by molar-refractivity contribution is 7.45. The fraction of sp³-hybridized carbons (Fsp3) is 0.797. The molecule has 0 saturated carbocycles. The number of nitrogens with zero attached hydrogens (tertiary/aromatic N) is 1. The van der Waals surface area contributed by atoms with Crippen LogP contribution < -0.4 is 4.89 Å². The van der Waals surface area contributed by atoms with Gasteiger partial charge in [0, 0.05) is 12.8 Å². The van der Waals surface area contributed by atoms with Gasteiger partial charge in [-0.2, -0.15) is 0 Å². The topological polar surface area (TPSA) is 111 Å². The molecule has 0 aliphatic rings. The van der Waals surface area contributed by atoms with Crippen molar-refractivity contribution in [3.8, 4) is 0 Å². The van der Waals surface area contributed by atoms with E-state index in [-0.39, 0.29) is 32.0 Å². The molecule has 460 valence electrons. The molecule has 0 radical (unpaired) electrons. The molecule has 0 aromatic rings. The average molecular weight is 1130 g/mol. The van der Waals surface area contributed by atoms with Crippen LogP contribution in [0.2, 0.25) is 0 Å². The number of phosphoric acid groups is 1. The number of esters is 2. The minimum atomic E-state index is -4.64. The highest BCUT2D eigenvalue weighted by Crippen LogP contribution is 2.38. The Kier molecular flexibility index (Phi) is 58.1. The lowest BCUT2D eigenvalue weighted by atomic mass is 10.0. The molecule has 0 bridgehead atoms. The number of hydrogen-bond donors (Lipinski definition) is 0. The second kappa shape index (κ2) is 60.1. The van der Waals surface area contributed by atoms with Gasteiger partial charge in [-0.1, -0.05) is 299 Å². The highest BCUT2D eigenvalue weighted by Gasteiger charge is 2.22. The van der Waals surface area contributed by atoms with Crippen LogP contribution in [-0.4, -0.2) is 70.0 Å². The highest BCUT2D eigenvalue weighted by atomic mass is 31.2. The molecule has 2 unspecified atom stereocenters. The molecule has 0 N–H and O–H groups in total. The number of allylic oxidation sites excluding steroid dienone is 12. The Hall–Kier alpha value is -2.55. The first-order valence-electron chi connectivity index (χ1n) is 33.1. The van der Waals surface area contributed by atoms with Crippen LogP contribution in [0.1, 0.15) is 303 Å². The van der Waals surface area contributed by atoms with Gasteiger partial charge in [0.1, 0.15) is 19.8 Å². The minimum absolute atomic E-state index is 0.0340. The van der Waals surface area contributed by atoms with Gasteiger partial charge in [-0.15, -0.1) is 0 Å². The largest absolute Gasteiger partial charge is 0.756 e. The fourth-order valence-electron chi connectivity index (χ4n) is 9.43. The van der Waals surface area contributed by atoms with E-state index in [4.69, 9.17) is 18.5 Å². The van der Waals surface area contributed by atoms with E-state index in [1.54, 1.807) is 0 Å². The number of phosphoric ester groups is 1. The van der Waals surface area contributed by atoms with Crippen molar-refractivity contribution in [2.75, 3.05) is 47.5 Å². The third-order valence-corrected chi connectivity index (χ3v) is 15.5. The maximum atomic E-state index is 12.8. The second-order valence-electron chi connectivity index (χ2n) is 23.5. The van der Waals surface area contributed by atoms with Crippen molar-refractivity contribution < 1.29 is 42.1 Å². The van der Waals surface area contributed by atoms with E-state index in [9.17, 15) is 19.0 Å². The number of likely N-dealkylation sites (N-methyl/N-ethyl adjacent to an activating group) is 1. The molecule has 0 fully saturated rings. The van der Waals surface area contributed by atoms with Gasteiger partial charge >= 0.3 is 11.9 Å². The number of rotatable bonds is 61. The van der Waals surface area contributed by atoms with Gasteiger partial charge < -0.3 is 27.9 Å². The Bertz CT molecular complexity index is 1560. The number of carbonyl (C=O) groups excluding carboxylic acids is 2. The molecular weight excluding hydrogens is 1000 g/mol. The summed E-state index contributed by atoms with van der Waals surface area (Å²) in [4.78, 5) is 38.0. The molecule has 10 heteroatoms. The van der Waals surface area contributed by atoms with Gasteiger partial charge in [0.2, 0.25) is 0 Å². The first kappa shape index (κ1) is 76.5. The molecule has 0 spiro atoms. The van der Waals surface area contributed by atoms with Gasteiger partial charge in [-0.25, -0.2) is 0 Å². The molecule has 0 saturated heterocycles. The zero-order valence-corrected chi connectivity index (χ0v) is 53.2. The fourth-order valence-corrected chi connectivity index (χ4v) is 10.2. The number of unbranched alkanes of at least 4 members (excludes halogenated alkanes) is 35. The molecule has 79 heavy (non-hydrogen) atoms. The first-order chi connectivity index (χ1) is 38.5. The van der Waals surface area contributed by atoms with Crippen molar-refractivity contribution in [3.63, 3.8) is 0 Å². The number of quaternary nitrogens is 1. The molecule has 0 amide bonds. The van der Waals surface area contributed by atoms with Crippen LogP contribution >= 0.6 is 7.82 Å². The molecule has 0 rings (SSSR count). The van der Waals surface area contributed by atoms with E-state index in [1.807, 2.05) is 21.1 Å². The summed E-state index contributed by atoms with van der Waals surface area (Å²) < 4.78 is 34.3. The average Bonchev–Trinajstić information content (AvgIpc) is 3.41. The summed E-state index contributed by atoms with van der Waals surface area (Å²) in [5.41, 5.74) is 0. The maximum Gasteiger partial charge on any atom is 0.306 e. The summed E-state index contributed by atoms with van der Waals surface area (Å²) in [7, 11) is 1.16. The lowest BCUT2D eigenvalue weighted by Gasteiger charge is -2.28. The normalized spacial score (nSPS) is 13.6. The summed E-state index contributed by atoms with van der Waals surface area (Å²) in [5.74, 6) is -0.833. The number of hydrogen-bond acceptors (Lipinski definition) is 8. The van der Waals surface area contributed by atoms with Crippen molar-refractivity contribution in [1.82, 2.24) is 0 Å². The van der Waals surface area contributed by atoms with E-state index in [2.05, 4.69) is 86.8 Å². The molecule has 9 nitrogen and oxygen atoms in total. The van der Waals surface area contributed by atoms with Crippen LogP contribution in [0.25, 0.3) is 0 Å². The van der Waals surface area contributed by atoms with Crippen LogP contribution in [-0.2, 0) is 32.7 Å². The van der Waals surface area contributed by atoms with Crippen LogP contribution in [0.5, 0.6) is 0 Å². The third kappa shape index (κ3) is 64.5. The van der Waals surface area contributed by atoms with E-state index < -0.39 is 26.5 Å². The third-order valence-electron chi connectivity index (χ3n) is 14.5. The van der Waals surface area contributed by atoms with Gasteiger partial charge in [0.15, 0.2) is 6.10 Å². The Morgan fingerprint density at radius 2 is 0.722 bits per heavy atom. The monoisotopic (exact) mass is 1130 g/mol. The SMILES string of the molecule is CC/C=C\C/C=C\C/C=C\C/C=C\C/C=C\C/C=C\CCCCCCCCCCC(=O)OC(COC(=O)CCCCCCCCCCCCCCCCCCCCCCCCCCCCCC)COP(=O)([O-])OCC[N+](C)(C)C. The van der Waals surface area contributed by atoms with Crippen LogP contribution in [0.15, 0.2) is 72.9 Å². The van der Waals surface area contributed by atoms with E-state index in [0.29, 0.717) is 17.4 Å². The zero-order chi connectivity index (χ0) is 57.7. The zero-order valence-electron chi connectivity index (χ0n) is 52.3. The van der Waals surface area contributed by atoms with Crippen molar-refractivity contribution >= 4 is 19.8 Å². The van der Waals surface area contributed by atoms with Gasteiger partial charge in [-0.3, -0.25) is 14.2 Å². The van der Waals surface area contributed by atoms with E-state index in [1.165, 1.54) is 186 Å². The number of carbonyl (C=O) groups is 2. The molecule has 0 aromatic heterocycles. The first-order valence-corrected chi connectivity index (χ1v) is 34.6. The van der Waals surface area contributed by atoms with Gasteiger partial charge in [-0.05, 0) is 64.2 Å². The van der Waals surface area contributed by atoms with E-state index in [0.717, 1.165) is 83.5 Å². The molecule has 0 aliphatic carbocycles. The smallest absolute Gasteiger partial charge is 0.306 e. The summed E-state index contributed by atoms with van der Waals surface area (Å²) in [6.45, 7) is 4.16. The predicted molar refractivity (Wildman–Crippen MR) is 337 cm³/mol. The quantitative estimate of drug-likeness (QED) is 0.0195. The van der Waals surface area contributed by atoms with Crippen molar-refractivity contribution in [2.24, 2.45) is 0 Å². The Labute approximate surface area is 489 Å². The second-order valence-corrected chi connectivity index (χ2v) is 24.9. The Morgan fingerprint density at radius 1 is 0.405 bits per heavy atom. The summed E-state index contributed by atoms with van der Waals surface area (Å²) in [6.07, 6.45) is 79.7. The summed E-state index contributed by atoms with van der Waals surface area (Å²) in [6, 6.07) is 0. The maximum absolute atomic E-state index is 12.8. The molecule has 0 aliphatic heterocycles. The van der Waals surface area contributed by atoms with Crippen LogP contribution in [0.4, 0.5) is 0 Å². The molecule has 2 atom stereocenters. The molecule has 0 heterocycles. The van der Waals surface area contributed by atoms with Crippen LogP contribution in [0.3, 0.4) is 0 Å². The minimum Gasteiger partial charge on any atom is -0.756 e. The summed E-state index contributed by atoms with van der Waals surface area (Å²) in [5, 5.41) is 0. The molecule has 0 aromatic carbocycles. The Morgan fingerprint density at radius 3 is 1.08 bits per heavy atom. The van der Waals surface area contributed by atoms with Gasteiger partial charge in [0.05, 0.1) is 27.7 Å². The summed E-state index contributed by atoms with van der Waals surface area (Å²) >= 11 is 0. The van der Waals surface area contributed by atoms with Crippen molar-refractivity contribution in [3.05, 3.63) is 72.9 Å². The predicted octanol–water partition coefficient (Wildman–Crippen LogP) is 20.6. The van der Waals surface area contributed by atoms with Crippen molar-refractivity contribution in [1.29, 1.82) is 0 Å². The van der Waals surface area contributed by atoms with Crippen molar-refractivity contribution in [2.45, 2.75) is 309 Å². The Balaban J connectivity index is 4.09. The lowest BCUT2D eigenvalue weighted by molar-refractivity contribution is -0.870. The molecular formula is C69H126NO8P.